The highest BCUT2D eigenvalue weighted by molar-refractivity contribution is 5.93. The lowest BCUT2D eigenvalue weighted by Gasteiger charge is -2.22. The fourth-order valence-electron chi connectivity index (χ4n) is 4.68. The Morgan fingerprint density at radius 2 is 1.46 bits per heavy atom. The molecule has 7 heteroatoms. The van der Waals surface area contributed by atoms with Gasteiger partial charge in [-0.05, 0) is 40.7 Å². The zero-order valence-corrected chi connectivity index (χ0v) is 19.1. The van der Waals surface area contributed by atoms with E-state index in [2.05, 4.69) is 22.8 Å². The van der Waals surface area contributed by atoms with Crippen molar-refractivity contribution in [3.63, 3.8) is 0 Å². The summed E-state index contributed by atoms with van der Waals surface area (Å²) in [5.41, 5.74) is 4.04. The van der Waals surface area contributed by atoms with Crippen molar-refractivity contribution >= 4 is 18.0 Å². The van der Waals surface area contributed by atoms with Crippen LogP contribution in [0.3, 0.4) is 0 Å². The minimum Gasteiger partial charge on any atom is -0.480 e. The van der Waals surface area contributed by atoms with Gasteiger partial charge in [0, 0.05) is 12.3 Å². The summed E-state index contributed by atoms with van der Waals surface area (Å²) in [6.07, 6.45) is 0.240. The third-order valence-electron chi connectivity index (χ3n) is 6.76. The van der Waals surface area contributed by atoms with Gasteiger partial charge in [-0.2, -0.15) is 0 Å². The molecule has 0 bridgehead atoms. The second kappa shape index (κ2) is 9.25. The number of nitrogens with one attached hydrogen (secondary N) is 2. The van der Waals surface area contributed by atoms with E-state index in [0.717, 1.165) is 27.8 Å². The zero-order chi connectivity index (χ0) is 24.4. The summed E-state index contributed by atoms with van der Waals surface area (Å²) >= 11 is 0. The number of ether oxygens (including phenoxy) is 1. The maximum absolute atomic E-state index is 13.0. The van der Waals surface area contributed by atoms with Crippen molar-refractivity contribution in [1.82, 2.24) is 10.6 Å². The van der Waals surface area contributed by atoms with Crippen molar-refractivity contribution in [3.05, 3.63) is 95.6 Å². The molecule has 178 valence electrons. The topological polar surface area (TPSA) is 105 Å². The summed E-state index contributed by atoms with van der Waals surface area (Å²) in [5.74, 6) is -1.70. The Bertz CT molecular complexity index is 1220. The molecule has 1 saturated carbocycles. The first-order chi connectivity index (χ1) is 17.0. The molecule has 35 heavy (non-hydrogen) atoms. The van der Waals surface area contributed by atoms with Gasteiger partial charge in [0.25, 0.3) is 0 Å². The van der Waals surface area contributed by atoms with Gasteiger partial charge in [0.1, 0.15) is 18.2 Å². The van der Waals surface area contributed by atoms with Crippen LogP contribution in [-0.2, 0) is 20.7 Å². The molecule has 0 radical (unpaired) electrons. The van der Waals surface area contributed by atoms with Crippen LogP contribution >= 0.6 is 0 Å². The van der Waals surface area contributed by atoms with Crippen LogP contribution in [0.25, 0.3) is 11.1 Å². The third kappa shape index (κ3) is 4.62. The van der Waals surface area contributed by atoms with Gasteiger partial charge in [0.2, 0.25) is 5.91 Å². The molecule has 1 atom stereocenters. The lowest BCUT2D eigenvalue weighted by molar-refractivity contribution is -0.143. The number of carbonyl (C=O) groups excluding carboxylic acids is 2. The molecule has 0 aliphatic heterocycles. The molecule has 5 rings (SSSR count). The second-order valence-corrected chi connectivity index (χ2v) is 9.09. The smallest absolute Gasteiger partial charge is 0.407 e. The number of amides is 2. The van der Waals surface area contributed by atoms with Crippen LogP contribution < -0.4 is 10.6 Å². The van der Waals surface area contributed by atoms with E-state index in [9.17, 15) is 19.5 Å². The van der Waals surface area contributed by atoms with Crippen LogP contribution in [0.1, 0.15) is 35.4 Å². The fourth-order valence-corrected chi connectivity index (χ4v) is 4.68. The van der Waals surface area contributed by atoms with E-state index in [0.29, 0.717) is 12.8 Å². The van der Waals surface area contributed by atoms with Crippen molar-refractivity contribution in [3.8, 4) is 11.1 Å². The lowest BCUT2D eigenvalue weighted by atomic mass is 9.98. The predicted octanol–water partition coefficient (Wildman–Crippen LogP) is 3.87. The Kier molecular flexibility index (Phi) is 5.99. The Morgan fingerprint density at radius 1 is 0.886 bits per heavy atom. The number of carbonyl (C=O) groups is 3. The van der Waals surface area contributed by atoms with Crippen molar-refractivity contribution in [2.45, 2.75) is 36.8 Å². The summed E-state index contributed by atoms with van der Waals surface area (Å²) in [6.45, 7) is 0.124. The number of fused-ring (bicyclic) bond motifs is 3. The van der Waals surface area contributed by atoms with Gasteiger partial charge in [0.05, 0.1) is 0 Å². The molecule has 2 aliphatic carbocycles. The molecule has 2 aliphatic rings. The molecule has 0 spiro atoms. The minimum absolute atomic E-state index is 0.101. The van der Waals surface area contributed by atoms with Gasteiger partial charge < -0.3 is 20.5 Å². The Morgan fingerprint density at radius 3 is 2.03 bits per heavy atom. The monoisotopic (exact) mass is 470 g/mol. The highest BCUT2D eigenvalue weighted by Crippen LogP contribution is 2.44. The van der Waals surface area contributed by atoms with Crippen LogP contribution in [0.5, 0.6) is 0 Å². The number of carboxylic acid groups (broad SMARTS) is 1. The van der Waals surface area contributed by atoms with Gasteiger partial charge in [-0.25, -0.2) is 9.59 Å². The van der Waals surface area contributed by atoms with Gasteiger partial charge in [0.15, 0.2) is 0 Å². The quantitative estimate of drug-likeness (QED) is 0.464. The first-order valence-corrected chi connectivity index (χ1v) is 11.7. The number of rotatable bonds is 8. The highest BCUT2D eigenvalue weighted by atomic mass is 16.5. The average molecular weight is 471 g/mol. The van der Waals surface area contributed by atoms with E-state index in [1.165, 1.54) is 0 Å². The average Bonchev–Trinajstić information content (AvgIpc) is 3.59. The fraction of sp³-hybridized carbons (Fsp3) is 0.250. The maximum atomic E-state index is 13.0. The summed E-state index contributed by atoms with van der Waals surface area (Å²) in [4.78, 5) is 37.3. The number of hydrogen-bond donors (Lipinski definition) is 3. The number of alkyl carbamates (subject to hydrolysis) is 1. The number of benzene rings is 3. The van der Waals surface area contributed by atoms with E-state index in [4.69, 9.17) is 4.74 Å². The second-order valence-electron chi connectivity index (χ2n) is 9.09. The molecular formula is C28H26N2O5. The van der Waals surface area contributed by atoms with E-state index in [1.54, 1.807) is 0 Å². The third-order valence-corrected chi connectivity index (χ3v) is 6.76. The van der Waals surface area contributed by atoms with Crippen LogP contribution in [-0.4, -0.2) is 41.3 Å². The van der Waals surface area contributed by atoms with Crippen LogP contribution in [0.15, 0.2) is 78.9 Å². The molecule has 2 amide bonds. The molecule has 0 saturated heterocycles. The largest absolute Gasteiger partial charge is 0.480 e. The molecule has 3 N–H and O–H groups in total. The van der Waals surface area contributed by atoms with Crippen LogP contribution in [0.2, 0.25) is 0 Å². The van der Waals surface area contributed by atoms with Crippen LogP contribution in [0.4, 0.5) is 4.79 Å². The molecule has 0 heterocycles. The maximum Gasteiger partial charge on any atom is 0.407 e. The van der Waals surface area contributed by atoms with E-state index >= 15 is 0 Å². The highest BCUT2D eigenvalue weighted by Gasteiger charge is 2.52. The normalized spacial score (nSPS) is 15.9. The van der Waals surface area contributed by atoms with Gasteiger partial charge >= 0.3 is 12.1 Å². The van der Waals surface area contributed by atoms with Crippen molar-refractivity contribution < 1.29 is 24.2 Å². The Hall–Kier alpha value is -4.13. The summed E-state index contributed by atoms with van der Waals surface area (Å²) in [7, 11) is 0. The van der Waals surface area contributed by atoms with Gasteiger partial charge in [-0.1, -0.05) is 78.9 Å². The van der Waals surface area contributed by atoms with Crippen molar-refractivity contribution in [2.75, 3.05) is 6.61 Å². The summed E-state index contributed by atoms with van der Waals surface area (Å²) in [5, 5.41) is 14.7. The molecule has 7 nitrogen and oxygen atoms in total. The molecule has 0 aromatic heterocycles. The predicted molar refractivity (Wildman–Crippen MR) is 130 cm³/mol. The minimum atomic E-state index is -1.24. The molecule has 1 unspecified atom stereocenters. The summed E-state index contributed by atoms with van der Waals surface area (Å²) in [6, 6.07) is 24.4. The number of carboxylic acids is 1. The number of hydrogen-bond acceptors (Lipinski definition) is 4. The van der Waals surface area contributed by atoms with Gasteiger partial charge in [-0.3, -0.25) is 4.79 Å². The van der Waals surface area contributed by atoms with Crippen molar-refractivity contribution in [2.24, 2.45) is 0 Å². The first kappa shape index (κ1) is 22.7. The van der Waals surface area contributed by atoms with Gasteiger partial charge in [-0.15, -0.1) is 0 Å². The Balaban J connectivity index is 1.28. The molecule has 3 aromatic carbocycles. The lowest BCUT2D eigenvalue weighted by Crippen LogP contribution is -2.53. The van der Waals surface area contributed by atoms with E-state index in [1.807, 2.05) is 66.7 Å². The SMILES string of the molecule is O=C(NC(Cc1ccccc1)C(=O)NC1(C(=O)O)CC1)OCC1c2ccccc2-c2ccccc21. The van der Waals surface area contributed by atoms with E-state index in [-0.39, 0.29) is 18.9 Å². The standard InChI is InChI=1S/C28H26N2O5/c31-25(30-28(14-15-28)26(32)33)24(16-18-8-2-1-3-9-18)29-27(34)35-17-23-21-12-6-4-10-19(21)20-11-5-7-13-22(20)23/h1-13,23-24H,14-17H2,(H,29,34)(H,30,31)(H,32,33). The van der Waals surface area contributed by atoms with Crippen molar-refractivity contribution in [1.29, 1.82) is 0 Å². The zero-order valence-electron chi connectivity index (χ0n) is 19.1. The molecule has 1 fully saturated rings. The Labute approximate surface area is 203 Å². The molecular weight excluding hydrogens is 444 g/mol. The van der Waals surface area contributed by atoms with Crippen LogP contribution in [0, 0.1) is 0 Å². The van der Waals surface area contributed by atoms with E-state index < -0.39 is 29.6 Å². The number of aliphatic carboxylic acids is 1. The molecule has 3 aromatic rings. The first-order valence-electron chi connectivity index (χ1n) is 11.7. The summed E-state index contributed by atoms with van der Waals surface area (Å²) < 4.78 is 5.60.